The summed E-state index contributed by atoms with van der Waals surface area (Å²) in [5.74, 6) is 1.67. The standard InChI is InChI=1S/C23H26N4O2.2ClH/c1-16-19-6-4-5-7-20(19)29-21(16)15-27(3)22(28)9-8-17-12-18-14-26(2)11-10-24-23(18)25-13-17;;/h4-9,12-13H,10-11,14-15H2,1-3H3,(H,24,25);2*1H. The Morgan fingerprint density at radius 2 is 2.10 bits per heavy atom. The number of rotatable bonds is 4. The van der Waals surface area contributed by atoms with Gasteiger partial charge in [0.25, 0.3) is 0 Å². The number of aryl methyl sites for hydroxylation is 1. The molecule has 1 aliphatic rings. The lowest BCUT2D eigenvalue weighted by molar-refractivity contribution is -0.125. The molecule has 0 saturated carbocycles. The Morgan fingerprint density at radius 1 is 1.32 bits per heavy atom. The van der Waals surface area contributed by atoms with Gasteiger partial charge in [-0.2, -0.15) is 0 Å². The van der Waals surface area contributed by atoms with Gasteiger partial charge in [0.2, 0.25) is 5.91 Å². The van der Waals surface area contributed by atoms with Crippen molar-refractivity contribution >= 4 is 53.6 Å². The van der Waals surface area contributed by atoms with Crippen LogP contribution in [0.4, 0.5) is 5.82 Å². The van der Waals surface area contributed by atoms with E-state index < -0.39 is 0 Å². The SMILES string of the molecule is Cc1c(CN(C)C(=O)C=Cc2cnc3c(c2)CN(C)CCN3)oc2ccccc12.Cl.Cl. The molecule has 3 heterocycles. The van der Waals surface area contributed by atoms with E-state index in [-0.39, 0.29) is 30.7 Å². The van der Waals surface area contributed by atoms with Crippen molar-refractivity contribution in [3.8, 4) is 0 Å². The molecule has 6 nitrogen and oxygen atoms in total. The van der Waals surface area contributed by atoms with Crippen LogP contribution < -0.4 is 5.32 Å². The van der Waals surface area contributed by atoms with Crippen LogP contribution in [0.1, 0.15) is 22.5 Å². The van der Waals surface area contributed by atoms with Crippen molar-refractivity contribution in [3.05, 3.63) is 65.1 Å². The van der Waals surface area contributed by atoms with Crippen molar-refractivity contribution in [1.29, 1.82) is 0 Å². The van der Waals surface area contributed by atoms with E-state index in [1.807, 2.05) is 37.3 Å². The highest BCUT2D eigenvalue weighted by Gasteiger charge is 2.15. The largest absolute Gasteiger partial charge is 0.459 e. The Balaban J connectivity index is 0.00000171. The molecule has 0 fully saturated rings. The number of carbonyl (C=O) groups excluding carboxylic acids is 1. The Morgan fingerprint density at radius 3 is 2.87 bits per heavy atom. The van der Waals surface area contributed by atoms with E-state index in [0.717, 1.165) is 58.9 Å². The maximum Gasteiger partial charge on any atom is 0.246 e. The molecule has 0 saturated heterocycles. The number of nitrogens with one attached hydrogen (secondary N) is 1. The summed E-state index contributed by atoms with van der Waals surface area (Å²) in [6.45, 7) is 5.17. The minimum absolute atomic E-state index is 0. The topological polar surface area (TPSA) is 61.6 Å². The van der Waals surface area contributed by atoms with Crippen LogP contribution in [0.2, 0.25) is 0 Å². The summed E-state index contributed by atoms with van der Waals surface area (Å²) >= 11 is 0. The molecule has 31 heavy (non-hydrogen) atoms. The second kappa shape index (κ2) is 10.7. The van der Waals surface area contributed by atoms with Crippen molar-refractivity contribution in [2.24, 2.45) is 0 Å². The van der Waals surface area contributed by atoms with Crippen LogP contribution in [-0.4, -0.2) is 47.9 Å². The van der Waals surface area contributed by atoms with Crippen LogP contribution in [0.15, 0.2) is 47.0 Å². The number of benzene rings is 1. The zero-order valence-corrected chi connectivity index (χ0v) is 19.6. The van der Waals surface area contributed by atoms with E-state index in [2.05, 4.69) is 28.3 Å². The first kappa shape index (κ1) is 24.7. The minimum Gasteiger partial charge on any atom is -0.459 e. The first-order valence-corrected chi connectivity index (χ1v) is 9.83. The number of aromatic nitrogens is 1. The molecule has 4 rings (SSSR count). The molecule has 166 valence electrons. The van der Waals surface area contributed by atoms with Crippen molar-refractivity contribution in [3.63, 3.8) is 0 Å². The maximum absolute atomic E-state index is 12.6. The van der Waals surface area contributed by atoms with Gasteiger partial charge in [-0.15, -0.1) is 24.8 Å². The number of anilines is 1. The smallest absolute Gasteiger partial charge is 0.246 e. The van der Waals surface area contributed by atoms with E-state index >= 15 is 0 Å². The van der Waals surface area contributed by atoms with E-state index in [4.69, 9.17) is 4.42 Å². The van der Waals surface area contributed by atoms with Crippen LogP contribution in [0.25, 0.3) is 17.0 Å². The number of pyridine rings is 1. The van der Waals surface area contributed by atoms with Gasteiger partial charge in [0, 0.05) is 55.5 Å². The molecular weight excluding hydrogens is 435 g/mol. The molecule has 0 atom stereocenters. The predicted molar refractivity (Wildman–Crippen MR) is 130 cm³/mol. The van der Waals surface area contributed by atoms with Crippen molar-refractivity contribution < 1.29 is 9.21 Å². The van der Waals surface area contributed by atoms with E-state index in [1.165, 1.54) is 0 Å². The number of halogens is 2. The Hall–Kier alpha value is -2.54. The number of likely N-dealkylation sites (N-methyl/N-ethyl adjacent to an activating group) is 2. The molecule has 3 aromatic rings. The predicted octanol–water partition coefficient (Wildman–Crippen LogP) is 4.51. The molecule has 0 radical (unpaired) electrons. The van der Waals surface area contributed by atoms with Crippen molar-refractivity contribution in [1.82, 2.24) is 14.8 Å². The van der Waals surface area contributed by atoms with Gasteiger partial charge < -0.3 is 19.5 Å². The van der Waals surface area contributed by atoms with Gasteiger partial charge in [-0.25, -0.2) is 4.98 Å². The summed E-state index contributed by atoms with van der Waals surface area (Å²) in [5, 5.41) is 4.44. The molecule has 0 spiro atoms. The van der Waals surface area contributed by atoms with Gasteiger partial charge in [0.05, 0.1) is 6.54 Å². The summed E-state index contributed by atoms with van der Waals surface area (Å²) in [6.07, 6.45) is 5.21. The second-order valence-electron chi connectivity index (χ2n) is 7.61. The van der Waals surface area contributed by atoms with Gasteiger partial charge >= 0.3 is 0 Å². The van der Waals surface area contributed by atoms with E-state index in [0.29, 0.717) is 6.54 Å². The second-order valence-corrected chi connectivity index (χ2v) is 7.61. The molecular formula is C23H28Cl2N4O2. The Labute approximate surface area is 195 Å². The average molecular weight is 463 g/mol. The molecule has 8 heteroatoms. The number of furan rings is 1. The number of hydrogen-bond donors (Lipinski definition) is 1. The van der Waals surface area contributed by atoms with Crippen molar-refractivity contribution in [2.45, 2.75) is 20.0 Å². The van der Waals surface area contributed by atoms with Crippen LogP contribution >= 0.6 is 24.8 Å². The molecule has 0 bridgehead atoms. The summed E-state index contributed by atoms with van der Waals surface area (Å²) < 4.78 is 5.93. The van der Waals surface area contributed by atoms with Gasteiger partial charge in [-0.1, -0.05) is 18.2 Å². The van der Waals surface area contributed by atoms with Crippen molar-refractivity contribution in [2.75, 3.05) is 32.5 Å². The Bertz CT molecular complexity index is 1080. The fourth-order valence-electron chi connectivity index (χ4n) is 3.60. The summed E-state index contributed by atoms with van der Waals surface area (Å²) in [4.78, 5) is 21.0. The first-order chi connectivity index (χ1) is 14.0. The highest BCUT2D eigenvalue weighted by Crippen LogP contribution is 2.26. The fourth-order valence-corrected chi connectivity index (χ4v) is 3.60. The Kier molecular flexibility index (Phi) is 8.51. The van der Waals surface area contributed by atoms with E-state index in [1.54, 1.807) is 24.2 Å². The highest BCUT2D eigenvalue weighted by atomic mass is 35.5. The van der Waals surface area contributed by atoms with Crippen LogP contribution in [-0.2, 0) is 17.9 Å². The van der Waals surface area contributed by atoms with Gasteiger partial charge in [-0.3, -0.25) is 4.79 Å². The van der Waals surface area contributed by atoms with Gasteiger partial charge in [0.15, 0.2) is 0 Å². The highest BCUT2D eigenvalue weighted by molar-refractivity contribution is 5.91. The third-order valence-electron chi connectivity index (χ3n) is 5.33. The third kappa shape index (κ3) is 5.58. The minimum atomic E-state index is -0.0740. The number of carbonyl (C=O) groups is 1. The third-order valence-corrected chi connectivity index (χ3v) is 5.33. The number of fused-ring (bicyclic) bond motifs is 2. The number of nitrogens with zero attached hydrogens (tertiary/aromatic N) is 3. The zero-order valence-electron chi connectivity index (χ0n) is 17.9. The lowest BCUT2D eigenvalue weighted by Crippen LogP contribution is -2.24. The van der Waals surface area contributed by atoms with Crippen LogP contribution in [0.3, 0.4) is 0 Å². The molecule has 1 N–H and O–H groups in total. The fraction of sp³-hybridized carbons (Fsp3) is 0.304. The maximum atomic E-state index is 12.6. The summed E-state index contributed by atoms with van der Waals surface area (Å²) in [6, 6.07) is 10.0. The number of para-hydroxylation sites is 1. The van der Waals surface area contributed by atoms with Crippen LogP contribution in [0, 0.1) is 6.92 Å². The van der Waals surface area contributed by atoms with Gasteiger partial charge in [0.1, 0.15) is 17.2 Å². The molecule has 2 aromatic heterocycles. The summed E-state index contributed by atoms with van der Waals surface area (Å²) in [7, 11) is 3.88. The van der Waals surface area contributed by atoms with Gasteiger partial charge in [-0.05, 0) is 37.7 Å². The number of amides is 1. The monoisotopic (exact) mass is 462 g/mol. The quantitative estimate of drug-likeness (QED) is 0.577. The molecule has 1 amide bonds. The normalized spacial score (nSPS) is 13.6. The average Bonchev–Trinajstić information content (AvgIpc) is 2.90. The molecule has 0 aliphatic carbocycles. The zero-order chi connectivity index (χ0) is 20.4. The molecule has 1 aromatic carbocycles. The van der Waals surface area contributed by atoms with Crippen LogP contribution in [0.5, 0.6) is 0 Å². The molecule has 0 unspecified atom stereocenters. The number of hydrogen-bond acceptors (Lipinski definition) is 5. The first-order valence-electron chi connectivity index (χ1n) is 9.83. The molecule has 1 aliphatic heterocycles. The lowest BCUT2D eigenvalue weighted by atomic mass is 10.1. The van der Waals surface area contributed by atoms with E-state index in [9.17, 15) is 4.79 Å². The summed E-state index contributed by atoms with van der Waals surface area (Å²) in [5.41, 5.74) is 4.00. The lowest BCUT2D eigenvalue weighted by Gasteiger charge is -2.14.